The largest absolute Gasteiger partial charge is 0.439 e. The lowest BCUT2D eigenvalue weighted by molar-refractivity contribution is 0.252. The maximum atomic E-state index is 6.00. The minimum absolute atomic E-state index is 0.225. The fourth-order valence-electron chi connectivity index (χ4n) is 2.78. The van der Waals surface area contributed by atoms with Crippen molar-refractivity contribution >= 4 is 11.6 Å². The molecule has 21 heavy (non-hydrogen) atoms. The first kappa shape index (κ1) is 14.6. The third-order valence-corrected chi connectivity index (χ3v) is 4.39. The molecule has 1 fully saturated rings. The van der Waals surface area contributed by atoms with Gasteiger partial charge in [-0.2, -0.15) is 0 Å². The van der Waals surface area contributed by atoms with Crippen LogP contribution in [0.3, 0.4) is 0 Å². The number of aromatic nitrogens is 1. The van der Waals surface area contributed by atoms with E-state index in [-0.39, 0.29) is 5.41 Å². The summed E-state index contributed by atoms with van der Waals surface area (Å²) in [6.45, 7) is 5.74. The highest BCUT2D eigenvalue weighted by Gasteiger charge is 2.32. The smallest absolute Gasteiger partial charge is 0.209 e. The number of oxazole rings is 1. The fraction of sp³-hybridized carbons (Fsp3) is 0.438. The van der Waals surface area contributed by atoms with E-state index in [4.69, 9.17) is 21.8 Å². The molecule has 0 amide bonds. The average Bonchev–Trinajstić information content (AvgIpc) is 3.07. The molecule has 1 aromatic carbocycles. The van der Waals surface area contributed by atoms with Gasteiger partial charge in [0.05, 0.1) is 12.7 Å². The Morgan fingerprint density at radius 2 is 2.33 bits per heavy atom. The highest BCUT2D eigenvalue weighted by atomic mass is 35.5. The van der Waals surface area contributed by atoms with Crippen LogP contribution >= 0.6 is 11.6 Å². The van der Waals surface area contributed by atoms with Crippen molar-refractivity contribution in [2.45, 2.75) is 19.9 Å². The van der Waals surface area contributed by atoms with Gasteiger partial charge in [-0.05, 0) is 37.1 Å². The second kappa shape index (κ2) is 5.79. The number of halogens is 1. The fourth-order valence-corrected chi connectivity index (χ4v) is 2.97. The number of nitrogens with zero attached hydrogens (tertiary/aromatic N) is 2. The van der Waals surface area contributed by atoms with Crippen LogP contribution in [-0.2, 0) is 6.54 Å². The standard InChI is InChI=1S/C16H20ClN3O/c1-16(10-18)5-6-20(11-16)9-15-19-8-14(21-15)12-3-2-4-13(17)7-12/h2-4,7-8H,5-6,9-11,18H2,1H3. The summed E-state index contributed by atoms with van der Waals surface area (Å²) in [5.74, 6) is 1.50. The van der Waals surface area contributed by atoms with Crippen molar-refractivity contribution in [3.05, 3.63) is 41.4 Å². The summed E-state index contributed by atoms with van der Waals surface area (Å²) in [6, 6.07) is 7.61. The maximum Gasteiger partial charge on any atom is 0.209 e. The molecule has 3 rings (SSSR count). The van der Waals surface area contributed by atoms with Crippen LogP contribution in [0.1, 0.15) is 19.2 Å². The van der Waals surface area contributed by atoms with E-state index in [1.165, 1.54) is 0 Å². The Morgan fingerprint density at radius 1 is 1.48 bits per heavy atom. The van der Waals surface area contributed by atoms with Crippen molar-refractivity contribution in [1.82, 2.24) is 9.88 Å². The second-order valence-electron chi connectivity index (χ2n) is 6.10. The second-order valence-corrected chi connectivity index (χ2v) is 6.54. The lowest BCUT2D eigenvalue weighted by Crippen LogP contribution is -2.31. The first-order chi connectivity index (χ1) is 10.1. The lowest BCUT2D eigenvalue weighted by Gasteiger charge is -2.21. The molecule has 0 radical (unpaired) electrons. The molecule has 0 aliphatic carbocycles. The van der Waals surface area contributed by atoms with Gasteiger partial charge in [0, 0.05) is 17.1 Å². The van der Waals surface area contributed by atoms with E-state index in [0.717, 1.165) is 49.8 Å². The predicted molar refractivity (Wildman–Crippen MR) is 84.0 cm³/mol. The van der Waals surface area contributed by atoms with Gasteiger partial charge in [0.25, 0.3) is 0 Å². The summed E-state index contributed by atoms with van der Waals surface area (Å²) in [4.78, 5) is 6.72. The first-order valence-corrected chi connectivity index (χ1v) is 7.59. The Morgan fingerprint density at radius 3 is 3.05 bits per heavy atom. The SMILES string of the molecule is CC1(CN)CCN(Cc2ncc(-c3cccc(Cl)c3)o2)C1. The van der Waals surface area contributed by atoms with E-state index in [0.29, 0.717) is 5.02 Å². The summed E-state index contributed by atoms with van der Waals surface area (Å²) in [6.07, 6.45) is 2.89. The Bertz CT molecular complexity index is 627. The Balaban J connectivity index is 1.69. The molecule has 2 heterocycles. The molecule has 0 bridgehead atoms. The average molecular weight is 306 g/mol. The zero-order chi connectivity index (χ0) is 14.9. The van der Waals surface area contributed by atoms with Gasteiger partial charge in [0.2, 0.25) is 5.89 Å². The number of likely N-dealkylation sites (tertiary alicyclic amines) is 1. The first-order valence-electron chi connectivity index (χ1n) is 7.21. The Labute approximate surface area is 129 Å². The zero-order valence-corrected chi connectivity index (χ0v) is 12.9. The Kier molecular flexibility index (Phi) is 4.02. The normalized spacial score (nSPS) is 22.8. The van der Waals surface area contributed by atoms with Crippen LogP contribution in [0.5, 0.6) is 0 Å². The highest BCUT2D eigenvalue weighted by Crippen LogP contribution is 2.30. The van der Waals surface area contributed by atoms with Crippen LogP contribution in [0, 0.1) is 5.41 Å². The molecule has 1 aliphatic heterocycles. The van der Waals surface area contributed by atoms with E-state index in [1.807, 2.05) is 24.3 Å². The van der Waals surface area contributed by atoms with E-state index in [2.05, 4.69) is 16.8 Å². The minimum Gasteiger partial charge on any atom is -0.439 e. The molecule has 1 aromatic heterocycles. The van der Waals surface area contributed by atoms with Crippen molar-refractivity contribution in [3.8, 4) is 11.3 Å². The van der Waals surface area contributed by atoms with Crippen molar-refractivity contribution in [2.24, 2.45) is 11.1 Å². The van der Waals surface area contributed by atoms with Gasteiger partial charge >= 0.3 is 0 Å². The summed E-state index contributed by atoms with van der Waals surface area (Å²) >= 11 is 6.00. The lowest BCUT2D eigenvalue weighted by atomic mass is 9.90. The maximum absolute atomic E-state index is 6.00. The highest BCUT2D eigenvalue weighted by molar-refractivity contribution is 6.30. The van der Waals surface area contributed by atoms with Crippen LogP contribution < -0.4 is 5.73 Å². The molecule has 2 aromatic rings. The monoisotopic (exact) mass is 305 g/mol. The zero-order valence-electron chi connectivity index (χ0n) is 12.2. The third-order valence-electron chi connectivity index (χ3n) is 4.15. The van der Waals surface area contributed by atoms with E-state index >= 15 is 0 Å². The quantitative estimate of drug-likeness (QED) is 0.942. The molecule has 1 unspecified atom stereocenters. The Hall–Kier alpha value is -1.36. The van der Waals surface area contributed by atoms with Gasteiger partial charge in [-0.3, -0.25) is 4.90 Å². The number of rotatable bonds is 4. The molecule has 1 saturated heterocycles. The number of benzene rings is 1. The van der Waals surface area contributed by atoms with Crippen molar-refractivity contribution < 1.29 is 4.42 Å². The topological polar surface area (TPSA) is 55.3 Å². The molecule has 1 atom stereocenters. The molecular weight excluding hydrogens is 286 g/mol. The van der Waals surface area contributed by atoms with Crippen LogP contribution in [-0.4, -0.2) is 29.5 Å². The number of hydrogen-bond acceptors (Lipinski definition) is 4. The van der Waals surface area contributed by atoms with Crippen molar-refractivity contribution in [3.63, 3.8) is 0 Å². The summed E-state index contributed by atoms with van der Waals surface area (Å²) in [5.41, 5.74) is 7.02. The molecule has 2 N–H and O–H groups in total. The molecular formula is C16H20ClN3O. The number of hydrogen-bond donors (Lipinski definition) is 1. The van der Waals surface area contributed by atoms with E-state index in [9.17, 15) is 0 Å². The predicted octanol–water partition coefficient (Wildman–Crippen LogP) is 3.17. The van der Waals surface area contributed by atoms with Crippen molar-refractivity contribution in [1.29, 1.82) is 0 Å². The van der Waals surface area contributed by atoms with Crippen LogP contribution in [0.2, 0.25) is 5.02 Å². The molecule has 4 nitrogen and oxygen atoms in total. The molecule has 0 spiro atoms. The van der Waals surface area contributed by atoms with Crippen molar-refractivity contribution in [2.75, 3.05) is 19.6 Å². The third kappa shape index (κ3) is 3.28. The summed E-state index contributed by atoms with van der Waals surface area (Å²) in [7, 11) is 0. The van der Waals surface area contributed by atoms with Crippen LogP contribution in [0.4, 0.5) is 0 Å². The molecule has 1 aliphatic rings. The molecule has 5 heteroatoms. The van der Waals surface area contributed by atoms with Gasteiger partial charge in [0.15, 0.2) is 5.76 Å². The van der Waals surface area contributed by atoms with Gasteiger partial charge in [-0.1, -0.05) is 30.7 Å². The van der Waals surface area contributed by atoms with Gasteiger partial charge in [-0.15, -0.1) is 0 Å². The minimum atomic E-state index is 0.225. The summed E-state index contributed by atoms with van der Waals surface area (Å²) < 4.78 is 5.85. The van der Waals surface area contributed by atoms with Crippen LogP contribution in [0.25, 0.3) is 11.3 Å². The van der Waals surface area contributed by atoms with Gasteiger partial charge in [-0.25, -0.2) is 4.98 Å². The van der Waals surface area contributed by atoms with E-state index in [1.54, 1.807) is 6.20 Å². The molecule has 0 saturated carbocycles. The van der Waals surface area contributed by atoms with Gasteiger partial charge < -0.3 is 10.2 Å². The van der Waals surface area contributed by atoms with Crippen LogP contribution in [0.15, 0.2) is 34.9 Å². The number of nitrogens with two attached hydrogens (primary N) is 1. The molecule has 112 valence electrons. The van der Waals surface area contributed by atoms with E-state index < -0.39 is 0 Å². The van der Waals surface area contributed by atoms with Gasteiger partial charge in [0.1, 0.15) is 0 Å². The summed E-state index contributed by atoms with van der Waals surface area (Å²) in [5, 5.41) is 0.698.